The number of halogens is 2. The number of nitrogens with one attached hydrogen (secondary N) is 3. The summed E-state index contributed by atoms with van der Waals surface area (Å²) in [6.07, 6.45) is 7.34. The van der Waals surface area contributed by atoms with Gasteiger partial charge in [0, 0.05) is 63.8 Å². The quantitative estimate of drug-likeness (QED) is 0.0977. The molecule has 5 amide bonds. The van der Waals surface area contributed by atoms with E-state index in [1.54, 1.807) is 41.3 Å². The second-order valence-electron chi connectivity index (χ2n) is 16.6. The lowest BCUT2D eigenvalue weighted by Gasteiger charge is -2.32. The number of carbonyl (C=O) groups is 5. The van der Waals surface area contributed by atoms with Gasteiger partial charge in [0.15, 0.2) is 11.3 Å². The van der Waals surface area contributed by atoms with Crippen LogP contribution in [0.15, 0.2) is 61.2 Å². The summed E-state index contributed by atoms with van der Waals surface area (Å²) in [6.45, 7) is 4.01. The van der Waals surface area contributed by atoms with Gasteiger partial charge in [0.2, 0.25) is 17.7 Å². The standard InChI is InChI=1S/C44H48F2N12O7/c1-54(28-10-13-36(48-22-28)65-19-3-15-47-31-5-2-4-29-37(31)44(63)58(43(29)62)33-11-12-35(59)52-42(33)61)24-26-6-8-27(9-7-26)57-25-32(38(53-57)39(45)46)50-41(60)30-23-49-56-16-14-34(51-40(30)56)55-17-20-64-21-18-55/h2,4-5,10,13-14,16,22-23,25-27,33,39,47H,3,6-9,11-12,15,17-21,24H2,1H3,(H,50,60)(H,52,59,61). The Morgan fingerprint density at radius 3 is 2.57 bits per heavy atom. The van der Waals surface area contributed by atoms with Gasteiger partial charge in [-0.25, -0.2) is 23.3 Å². The summed E-state index contributed by atoms with van der Waals surface area (Å²) < 4.78 is 42.9. The minimum absolute atomic E-state index is 0.0415. The first-order valence-electron chi connectivity index (χ1n) is 21.8. The lowest BCUT2D eigenvalue weighted by molar-refractivity contribution is -0.136. The van der Waals surface area contributed by atoms with Crippen molar-refractivity contribution < 1.29 is 42.2 Å². The summed E-state index contributed by atoms with van der Waals surface area (Å²) in [4.78, 5) is 78.3. The molecular weight excluding hydrogens is 847 g/mol. The number of amides is 5. The molecule has 5 aromatic rings. The van der Waals surface area contributed by atoms with E-state index in [4.69, 9.17) is 9.47 Å². The van der Waals surface area contributed by atoms with E-state index in [2.05, 4.69) is 45.9 Å². The number of nitrogens with zero attached hydrogens (tertiary/aromatic N) is 9. The van der Waals surface area contributed by atoms with E-state index in [0.29, 0.717) is 74.8 Å². The SMILES string of the molecule is CN(CC1CCC(n2cc(NC(=O)c3cnn4ccc(N5CCOCC5)nc34)c(C(F)F)n2)CC1)c1ccc(OCCCNc2cccc3c2C(=O)N(C2CCC(=O)NC2=O)C3=O)nc1. The molecular formula is C44H48F2N12O7. The molecule has 65 heavy (non-hydrogen) atoms. The fourth-order valence-corrected chi connectivity index (χ4v) is 8.93. The third-order valence-corrected chi connectivity index (χ3v) is 12.4. The first-order chi connectivity index (χ1) is 31.5. The maximum atomic E-state index is 14.3. The van der Waals surface area contributed by atoms with E-state index in [0.717, 1.165) is 42.8 Å². The molecule has 3 fully saturated rings. The van der Waals surface area contributed by atoms with Crippen LogP contribution in [0.25, 0.3) is 5.65 Å². The predicted octanol–water partition coefficient (Wildman–Crippen LogP) is 4.50. The highest BCUT2D eigenvalue weighted by atomic mass is 19.3. The van der Waals surface area contributed by atoms with Crippen LogP contribution in [0.4, 0.5) is 31.7 Å². The van der Waals surface area contributed by atoms with Crippen molar-refractivity contribution in [3.63, 3.8) is 0 Å². The van der Waals surface area contributed by atoms with Crippen LogP contribution in [-0.4, -0.2) is 123 Å². The van der Waals surface area contributed by atoms with Crippen molar-refractivity contribution >= 4 is 58.1 Å². The van der Waals surface area contributed by atoms with E-state index in [-0.39, 0.29) is 41.3 Å². The van der Waals surface area contributed by atoms with E-state index < -0.39 is 47.7 Å². The number of hydrogen-bond acceptors (Lipinski definition) is 14. The number of ether oxygens (including phenoxy) is 2. The number of imide groups is 2. The Labute approximate surface area is 371 Å². The molecule has 1 saturated carbocycles. The molecule has 3 N–H and O–H groups in total. The molecule has 1 aliphatic carbocycles. The summed E-state index contributed by atoms with van der Waals surface area (Å²) in [5.41, 5.74) is 1.76. The number of pyridine rings is 1. The van der Waals surface area contributed by atoms with Crippen LogP contribution < -0.4 is 30.5 Å². The van der Waals surface area contributed by atoms with Gasteiger partial charge in [0.25, 0.3) is 24.1 Å². The highest BCUT2D eigenvalue weighted by Gasteiger charge is 2.45. The van der Waals surface area contributed by atoms with Gasteiger partial charge in [-0.2, -0.15) is 10.2 Å². The van der Waals surface area contributed by atoms with Gasteiger partial charge in [-0.15, -0.1) is 0 Å². The topological polar surface area (TPSA) is 211 Å². The van der Waals surface area contributed by atoms with Crippen LogP contribution in [-0.2, 0) is 14.3 Å². The van der Waals surface area contributed by atoms with E-state index in [1.807, 2.05) is 19.2 Å². The minimum atomic E-state index is -2.89. The van der Waals surface area contributed by atoms with Crippen LogP contribution >= 0.6 is 0 Å². The Morgan fingerprint density at radius 1 is 1.00 bits per heavy atom. The van der Waals surface area contributed by atoms with Crippen LogP contribution in [0.1, 0.15) is 94.2 Å². The van der Waals surface area contributed by atoms with Crippen molar-refractivity contribution in [1.82, 2.24) is 39.6 Å². The van der Waals surface area contributed by atoms with Gasteiger partial charge in [-0.1, -0.05) is 6.07 Å². The highest BCUT2D eigenvalue weighted by Crippen LogP contribution is 2.36. The Kier molecular flexibility index (Phi) is 12.4. The summed E-state index contributed by atoms with van der Waals surface area (Å²) in [5, 5.41) is 16.6. The Bertz CT molecular complexity index is 2610. The fourth-order valence-electron chi connectivity index (χ4n) is 8.93. The third kappa shape index (κ3) is 9.04. The molecule has 340 valence electrons. The Balaban J connectivity index is 0.729. The van der Waals surface area contributed by atoms with Crippen LogP contribution in [0.5, 0.6) is 5.88 Å². The number of piperidine rings is 1. The highest BCUT2D eigenvalue weighted by molar-refractivity contribution is 6.25. The number of fused-ring (bicyclic) bond motifs is 2. The maximum Gasteiger partial charge on any atom is 0.284 e. The van der Waals surface area contributed by atoms with Crippen molar-refractivity contribution in [3.8, 4) is 5.88 Å². The molecule has 0 spiro atoms. The number of benzene rings is 1. The van der Waals surface area contributed by atoms with Gasteiger partial charge in [-0.3, -0.25) is 38.9 Å². The summed E-state index contributed by atoms with van der Waals surface area (Å²) >= 11 is 0. The number of alkyl halides is 2. The fraction of sp³-hybridized carbons (Fsp3) is 0.432. The average molecular weight is 895 g/mol. The molecule has 1 atom stereocenters. The third-order valence-electron chi connectivity index (χ3n) is 12.4. The van der Waals surface area contributed by atoms with E-state index >= 15 is 0 Å². The maximum absolute atomic E-state index is 14.3. The molecule has 3 aliphatic heterocycles. The number of aromatic nitrogens is 6. The molecule has 0 bridgehead atoms. The van der Waals surface area contributed by atoms with E-state index in [9.17, 15) is 32.8 Å². The molecule has 2 saturated heterocycles. The molecule has 4 aromatic heterocycles. The van der Waals surface area contributed by atoms with Gasteiger partial charge in [0.05, 0.1) is 60.8 Å². The number of anilines is 4. The van der Waals surface area contributed by atoms with Gasteiger partial charge < -0.3 is 29.9 Å². The largest absolute Gasteiger partial charge is 0.478 e. The zero-order valence-electron chi connectivity index (χ0n) is 35.6. The predicted molar refractivity (Wildman–Crippen MR) is 231 cm³/mol. The summed E-state index contributed by atoms with van der Waals surface area (Å²) in [7, 11) is 2.00. The van der Waals surface area contributed by atoms with Crippen LogP contribution in [0, 0.1) is 5.92 Å². The van der Waals surface area contributed by atoms with Crippen molar-refractivity contribution in [3.05, 3.63) is 83.6 Å². The number of hydrogen-bond donors (Lipinski definition) is 3. The van der Waals surface area contributed by atoms with Crippen molar-refractivity contribution in [1.29, 1.82) is 0 Å². The van der Waals surface area contributed by atoms with Crippen LogP contribution in [0.3, 0.4) is 0 Å². The van der Waals surface area contributed by atoms with Crippen molar-refractivity contribution in [2.75, 3.05) is 73.5 Å². The van der Waals surface area contributed by atoms with Gasteiger partial charge in [-0.05, 0) is 68.7 Å². The minimum Gasteiger partial charge on any atom is -0.478 e. The molecule has 9 rings (SSSR count). The number of carbonyl (C=O) groups excluding carboxylic acids is 5. The molecule has 1 unspecified atom stereocenters. The second-order valence-corrected chi connectivity index (χ2v) is 16.6. The first kappa shape index (κ1) is 43.2. The van der Waals surface area contributed by atoms with Gasteiger partial charge in [0.1, 0.15) is 17.4 Å². The normalized spacial score (nSPS) is 20.0. The van der Waals surface area contributed by atoms with Gasteiger partial charge >= 0.3 is 0 Å². The van der Waals surface area contributed by atoms with Crippen LogP contribution in [0.2, 0.25) is 0 Å². The first-order valence-corrected chi connectivity index (χ1v) is 21.8. The summed E-state index contributed by atoms with van der Waals surface area (Å²) in [6, 6.07) is 9.35. The molecule has 0 radical (unpaired) electrons. The lowest BCUT2D eigenvalue weighted by atomic mass is 9.85. The smallest absolute Gasteiger partial charge is 0.284 e. The molecule has 7 heterocycles. The summed E-state index contributed by atoms with van der Waals surface area (Å²) in [5.74, 6) is -1.33. The molecule has 1 aromatic carbocycles. The zero-order chi connectivity index (χ0) is 45.2. The number of rotatable bonds is 15. The number of morpholine rings is 1. The zero-order valence-corrected chi connectivity index (χ0v) is 35.6. The molecule has 4 aliphatic rings. The Hall–Kier alpha value is -7.03. The lowest BCUT2D eigenvalue weighted by Crippen LogP contribution is -2.54. The average Bonchev–Trinajstić information content (AvgIpc) is 4.01. The molecule has 21 heteroatoms. The monoisotopic (exact) mass is 894 g/mol. The second kappa shape index (κ2) is 18.6. The van der Waals surface area contributed by atoms with Crippen molar-refractivity contribution in [2.45, 2.75) is 63.5 Å². The Morgan fingerprint density at radius 2 is 1.82 bits per heavy atom. The molecule has 19 nitrogen and oxygen atoms in total. The van der Waals surface area contributed by atoms with Crippen molar-refractivity contribution in [2.24, 2.45) is 5.92 Å². The van der Waals surface area contributed by atoms with E-state index in [1.165, 1.54) is 16.9 Å².